The molecule has 0 aliphatic heterocycles. The Morgan fingerprint density at radius 1 is 1.16 bits per heavy atom. The second-order valence-corrected chi connectivity index (χ2v) is 7.65. The van der Waals surface area contributed by atoms with E-state index in [1.165, 1.54) is 23.5 Å². The zero-order valence-electron chi connectivity index (χ0n) is 16.4. The van der Waals surface area contributed by atoms with Crippen LogP contribution in [0.15, 0.2) is 40.4 Å². The first kappa shape index (κ1) is 24.7. The SMILES string of the molecule is C=N/C=N\N(C)c1c(C)cc(/C=C/C(c2cc(Cl)c(Cl)c(Cl)c2)C(F)(F)F)cc1C#N. The highest BCUT2D eigenvalue weighted by Gasteiger charge is 2.39. The first-order valence-electron chi connectivity index (χ1n) is 8.65. The van der Waals surface area contributed by atoms with Crippen molar-refractivity contribution in [3.8, 4) is 6.07 Å². The van der Waals surface area contributed by atoms with E-state index in [2.05, 4.69) is 16.8 Å². The topological polar surface area (TPSA) is 51.8 Å². The van der Waals surface area contributed by atoms with Gasteiger partial charge in [0, 0.05) is 7.05 Å². The van der Waals surface area contributed by atoms with E-state index in [1.807, 2.05) is 6.07 Å². The number of anilines is 1. The summed E-state index contributed by atoms with van der Waals surface area (Å²) in [6, 6.07) is 7.42. The average molecular weight is 488 g/mol. The van der Waals surface area contributed by atoms with Crippen molar-refractivity contribution in [2.45, 2.75) is 19.0 Å². The number of hydrogen-bond donors (Lipinski definition) is 0. The summed E-state index contributed by atoms with van der Waals surface area (Å²) in [6.45, 7) is 5.01. The third kappa shape index (κ3) is 6.01. The average Bonchev–Trinajstić information content (AvgIpc) is 2.68. The Kier molecular flexibility index (Phi) is 8.13. The van der Waals surface area contributed by atoms with E-state index in [0.717, 1.165) is 18.2 Å². The number of alkyl halides is 3. The van der Waals surface area contributed by atoms with Crippen LogP contribution in [-0.4, -0.2) is 26.3 Å². The largest absolute Gasteiger partial charge is 0.399 e. The van der Waals surface area contributed by atoms with Gasteiger partial charge in [0.1, 0.15) is 12.4 Å². The van der Waals surface area contributed by atoms with Gasteiger partial charge in [0.15, 0.2) is 0 Å². The second-order valence-electron chi connectivity index (χ2n) is 6.46. The molecule has 0 saturated heterocycles. The Morgan fingerprint density at radius 3 is 2.29 bits per heavy atom. The molecule has 0 bridgehead atoms. The molecule has 0 heterocycles. The molecule has 0 aliphatic carbocycles. The third-order valence-corrected chi connectivity index (χ3v) is 5.47. The van der Waals surface area contributed by atoms with Gasteiger partial charge in [-0.15, -0.1) is 0 Å². The first-order valence-corrected chi connectivity index (χ1v) is 9.79. The molecule has 2 rings (SSSR count). The fourth-order valence-corrected chi connectivity index (χ4v) is 3.57. The summed E-state index contributed by atoms with van der Waals surface area (Å²) in [5.74, 6) is -1.98. The lowest BCUT2D eigenvalue weighted by Gasteiger charge is -2.19. The van der Waals surface area contributed by atoms with Gasteiger partial charge in [-0.05, 0) is 54.6 Å². The molecule has 1 unspecified atom stereocenters. The van der Waals surface area contributed by atoms with Crippen molar-refractivity contribution < 1.29 is 13.2 Å². The molecule has 0 saturated carbocycles. The van der Waals surface area contributed by atoms with Crippen LogP contribution >= 0.6 is 34.8 Å². The Bertz CT molecular complexity index is 1070. The van der Waals surface area contributed by atoms with Crippen LogP contribution in [0.5, 0.6) is 0 Å². The molecule has 2 aromatic carbocycles. The Labute approximate surface area is 192 Å². The summed E-state index contributed by atoms with van der Waals surface area (Å²) in [7, 11) is 1.62. The van der Waals surface area contributed by atoms with Crippen molar-refractivity contribution in [3.63, 3.8) is 0 Å². The van der Waals surface area contributed by atoms with Crippen LogP contribution < -0.4 is 5.01 Å². The van der Waals surface area contributed by atoms with Crippen LogP contribution in [-0.2, 0) is 0 Å². The molecule has 0 aliphatic rings. The number of halogens is 6. The summed E-state index contributed by atoms with van der Waals surface area (Å²) in [5.41, 5.74) is 1.65. The second kappa shape index (κ2) is 10.2. The number of allylic oxidation sites excluding steroid dienone is 1. The molecule has 162 valence electrons. The minimum Gasteiger partial charge on any atom is -0.266 e. The van der Waals surface area contributed by atoms with E-state index in [9.17, 15) is 18.4 Å². The number of hydrazone groups is 1. The van der Waals surface area contributed by atoms with E-state index >= 15 is 0 Å². The molecular formula is C21H16Cl3F3N4. The zero-order valence-corrected chi connectivity index (χ0v) is 18.7. The summed E-state index contributed by atoms with van der Waals surface area (Å²) >= 11 is 17.7. The molecule has 2 aromatic rings. The molecule has 0 N–H and O–H groups in total. The number of aliphatic imine (C=N–C) groups is 1. The van der Waals surface area contributed by atoms with Gasteiger partial charge in [0.2, 0.25) is 0 Å². The number of benzene rings is 2. The normalized spacial score (nSPS) is 12.9. The quantitative estimate of drug-likeness (QED) is 0.186. The minimum atomic E-state index is -4.60. The lowest BCUT2D eigenvalue weighted by molar-refractivity contribution is -0.139. The number of aryl methyl sites for hydroxylation is 1. The molecule has 1 atom stereocenters. The first-order chi connectivity index (χ1) is 14.5. The van der Waals surface area contributed by atoms with Crippen molar-refractivity contribution in [3.05, 3.63) is 67.7 Å². The van der Waals surface area contributed by atoms with E-state index in [1.54, 1.807) is 20.0 Å². The highest BCUT2D eigenvalue weighted by Crippen LogP contribution is 2.41. The van der Waals surface area contributed by atoms with Crippen molar-refractivity contribution in [2.75, 3.05) is 12.1 Å². The van der Waals surface area contributed by atoms with Crippen molar-refractivity contribution in [2.24, 2.45) is 10.1 Å². The smallest absolute Gasteiger partial charge is 0.266 e. The molecule has 0 amide bonds. The predicted octanol–water partition coefficient (Wildman–Crippen LogP) is 7.27. The van der Waals surface area contributed by atoms with Crippen LogP contribution in [0.2, 0.25) is 15.1 Å². The van der Waals surface area contributed by atoms with Gasteiger partial charge in [-0.2, -0.15) is 23.5 Å². The monoisotopic (exact) mass is 486 g/mol. The van der Waals surface area contributed by atoms with Crippen LogP contribution in [0.3, 0.4) is 0 Å². The van der Waals surface area contributed by atoms with Gasteiger partial charge >= 0.3 is 6.18 Å². The molecule has 0 fully saturated rings. The molecule has 31 heavy (non-hydrogen) atoms. The molecule has 0 aromatic heterocycles. The van der Waals surface area contributed by atoms with E-state index in [4.69, 9.17) is 34.8 Å². The van der Waals surface area contributed by atoms with Crippen LogP contribution in [0.4, 0.5) is 18.9 Å². The van der Waals surface area contributed by atoms with Gasteiger partial charge in [0.25, 0.3) is 0 Å². The molecule has 4 nitrogen and oxygen atoms in total. The van der Waals surface area contributed by atoms with Crippen LogP contribution in [0.1, 0.15) is 28.2 Å². The zero-order chi connectivity index (χ0) is 23.3. The van der Waals surface area contributed by atoms with Crippen LogP contribution in [0.25, 0.3) is 6.08 Å². The maximum Gasteiger partial charge on any atom is 0.399 e. The fourth-order valence-electron chi connectivity index (χ4n) is 2.96. The minimum absolute atomic E-state index is 0.0136. The summed E-state index contributed by atoms with van der Waals surface area (Å²) in [6.07, 6.45) is -1.11. The summed E-state index contributed by atoms with van der Waals surface area (Å²) < 4.78 is 41.2. The predicted molar refractivity (Wildman–Crippen MR) is 122 cm³/mol. The number of nitriles is 1. The molecular weight excluding hydrogens is 472 g/mol. The van der Waals surface area contributed by atoms with Gasteiger partial charge in [-0.3, -0.25) is 10.0 Å². The van der Waals surface area contributed by atoms with Gasteiger partial charge in [-0.25, -0.2) is 0 Å². The molecule has 0 spiro atoms. The Hall–Kier alpha value is -2.53. The fraction of sp³-hybridized carbons (Fsp3) is 0.190. The van der Waals surface area contributed by atoms with E-state index in [-0.39, 0.29) is 26.2 Å². The maximum atomic E-state index is 13.7. The Morgan fingerprint density at radius 2 is 1.77 bits per heavy atom. The van der Waals surface area contributed by atoms with Crippen molar-refractivity contribution in [1.82, 2.24) is 0 Å². The van der Waals surface area contributed by atoms with Gasteiger partial charge in [0.05, 0.1) is 32.2 Å². The summed E-state index contributed by atoms with van der Waals surface area (Å²) in [5, 5.41) is 14.8. The molecule has 10 heteroatoms. The maximum absolute atomic E-state index is 13.7. The lowest BCUT2D eigenvalue weighted by atomic mass is 9.96. The van der Waals surface area contributed by atoms with Crippen molar-refractivity contribution in [1.29, 1.82) is 5.26 Å². The number of rotatable bonds is 6. The van der Waals surface area contributed by atoms with E-state index < -0.39 is 12.1 Å². The highest BCUT2D eigenvalue weighted by atomic mass is 35.5. The molecule has 0 radical (unpaired) electrons. The standard InChI is InChI=1S/C21H16Cl3F3N4/c1-12-6-13(7-15(10-28)20(12)31(3)30-11-29-2)4-5-16(21(25,26)27)14-8-17(22)19(24)18(23)9-14/h4-9,11,16H,2H2,1,3H3/b5-4+,30-11-. The summed E-state index contributed by atoms with van der Waals surface area (Å²) in [4.78, 5) is 3.51. The van der Waals surface area contributed by atoms with E-state index in [0.29, 0.717) is 16.8 Å². The van der Waals surface area contributed by atoms with Gasteiger partial charge < -0.3 is 0 Å². The Balaban J connectivity index is 2.50. The van der Waals surface area contributed by atoms with Crippen LogP contribution in [0, 0.1) is 18.3 Å². The highest BCUT2D eigenvalue weighted by molar-refractivity contribution is 6.48. The van der Waals surface area contributed by atoms with Gasteiger partial charge in [-0.1, -0.05) is 47.0 Å². The lowest BCUT2D eigenvalue weighted by Crippen LogP contribution is -2.19. The van der Waals surface area contributed by atoms with Crippen molar-refractivity contribution >= 4 is 59.6 Å². The number of nitrogens with zero attached hydrogens (tertiary/aromatic N) is 4. The third-order valence-electron chi connectivity index (χ3n) is 4.27. The number of hydrogen-bond acceptors (Lipinski definition) is 3.